The number of benzene rings is 1. The molecule has 0 bridgehead atoms. The maximum Gasteiger partial charge on any atom is 0.268 e. The van der Waals surface area contributed by atoms with Gasteiger partial charge in [0.25, 0.3) is 5.91 Å². The van der Waals surface area contributed by atoms with Crippen LogP contribution >= 0.6 is 0 Å². The van der Waals surface area contributed by atoms with Crippen molar-refractivity contribution in [1.29, 1.82) is 0 Å². The Morgan fingerprint density at radius 1 is 1.22 bits per heavy atom. The molecule has 9 heteroatoms. The number of ether oxygens (including phenoxy) is 2. The average Bonchev–Trinajstić information content (AvgIpc) is 3.68. The minimum absolute atomic E-state index is 0.0175. The van der Waals surface area contributed by atoms with E-state index in [9.17, 15) is 14.4 Å². The van der Waals surface area contributed by atoms with Gasteiger partial charge in [0.05, 0.1) is 30.2 Å². The number of nitrogens with zero attached hydrogens (tertiary/aromatic N) is 1. The Kier molecular flexibility index (Phi) is 8.43. The minimum atomic E-state index is -0.944. The second-order valence-electron chi connectivity index (χ2n) is 11.5. The highest BCUT2D eigenvalue weighted by atomic mass is 16.5. The third-order valence-corrected chi connectivity index (χ3v) is 7.25. The zero-order chi connectivity index (χ0) is 26.7. The van der Waals surface area contributed by atoms with Crippen molar-refractivity contribution < 1.29 is 23.9 Å². The van der Waals surface area contributed by atoms with Crippen LogP contribution in [-0.4, -0.2) is 61.7 Å². The molecule has 2 fully saturated rings. The average molecular weight is 515 g/mol. The highest BCUT2D eigenvalue weighted by Crippen LogP contribution is 2.40. The van der Waals surface area contributed by atoms with Gasteiger partial charge in [0, 0.05) is 31.4 Å². The fraction of sp³-hybridized carbons (Fsp3) is 0.679. The summed E-state index contributed by atoms with van der Waals surface area (Å²) >= 11 is 0. The van der Waals surface area contributed by atoms with Crippen LogP contribution in [0.5, 0.6) is 5.75 Å². The van der Waals surface area contributed by atoms with Gasteiger partial charge in [-0.05, 0) is 70.6 Å². The van der Waals surface area contributed by atoms with Crippen LogP contribution in [0, 0.1) is 17.8 Å². The predicted octanol–water partition coefficient (Wildman–Crippen LogP) is 3.08. The standard InChI is InChI=1S/C28H42N4O5/c1-6-36-16-20(11-17(2)3)30-25(33)18-12-19(15-29-14-18)26(34)32(21-7-8-21)22-9-10-24-23(13-22)31-27(35)28(4,5)37-24/h9-10,13,17-21,29H,6-8,11-12,14-16H2,1-5H3,(H,30,33)(H,31,35)/t18-,19+,20?/m0/s1. The third-order valence-electron chi connectivity index (χ3n) is 7.25. The number of hydrogen-bond acceptors (Lipinski definition) is 6. The quantitative estimate of drug-likeness (QED) is 0.443. The van der Waals surface area contributed by atoms with Gasteiger partial charge >= 0.3 is 0 Å². The number of piperidine rings is 1. The molecule has 3 amide bonds. The second kappa shape index (κ2) is 11.4. The monoisotopic (exact) mass is 514 g/mol. The molecule has 0 radical (unpaired) electrons. The Labute approximate surface area is 220 Å². The molecule has 4 rings (SSSR count). The van der Waals surface area contributed by atoms with Crippen LogP contribution in [0.15, 0.2) is 18.2 Å². The van der Waals surface area contributed by atoms with Crippen molar-refractivity contribution in [3.05, 3.63) is 18.2 Å². The van der Waals surface area contributed by atoms with Gasteiger partial charge in [-0.1, -0.05) is 13.8 Å². The molecular formula is C28H42N4O5. The summed E-state index contributed by atoms with van der Waals surface area (Å²) < 4.78 is 11.4. The Morgan fingerprint density at radius 2 is 1.95 bits per heavy atom. The van der Waals surface area contributed by atoms with Crippen molar-refractivity contribution in [2.45, 2.75) is 78.0 Å². The molecule has 0 aromatic heterocycles. The number of fused-ring (bicyclic) bond motifs is 1. The minimum Gasteiger partial charge on any atom is -0.476 e. The van der Waals surface area contributed by atoms with Gasteiger partial charge in [0.15, 0.2) is 5.60 Å². The molecule has 2 heterocycles. The van der Waals surface area contributed by atoms with Crippen LogP contribution in [0.2, 0.25) is 0 Å². The molecule has 1 aromatic rings. The van der Waals surface area contributed by atoms with Gasteiger partial charge in [0.1, 0.15) is 5.75 Å². The van der Waals surface area contributed by atoms with E-state index >= 15 is 0 Å². The van der Waals surface area contributed by atoms with Crippen molar-refractivity contribution in [3.8, 4) is 5.75 Å². The molecule has 2 aliphatic heterocycles. The van der Waals surface area contributed by atoms with E-state index in [-0.39, 0.29) is 41.6 Å². The van der Waals surface area contributed by atoms with Crippen LogP contribution in [0.3, 0.4) is 0 Å². The van der Waals surface area contributed by atoms with Gasteiger partial charge < -0.3 is 30.3 Å². The number of rotatable bonds is 10. The molecule has 3 N–H and O–H groups in total. The van der Waals surface area contributed by atoms with E-state index in [1.165, 1.54) is 0 Å². The number of carbonyl (C=O) groups excluding carboxylic acids is 3. The normalized spacial score (nSPS) is 23.5. The van der Waals surface area contributed by atoms with Crippen LogP contribution in [-0.2, 0) is 19.1 Å². The van der Waals surface area contributed by atoms with Gasteiger partial charge in [-0.2, -0.15) is 0 Å². The number of amides is 3. The number of hydrogen-bond donors (Lipinski definition) is 3. The maximum atomic E-state index is 13.8. The van der Waals surface area contributed by atoms with E-state index in [2.05, 4.69) is 29.8 Å². The highest BCUT2D eigenvalue weighted by molar-refractivity contribution is 6.02. The topological polar surface area (TPSA) is 109 Å². The summed E-state index contributed by atoms with van der Waals surface area (Å²) in [6, 6.07) is 5.62. The first-order valence-corrected chi connectivity index (χ1v) is 13.7. The fourth-order valence-corrected chi connectivity index (χ4v) is 5.14. The Bertz CT molecular complexity index is 1010. The molecule has 0 spiro atoms. The smallest absolute Gasteiger partial charge is 0.268 e. The number of carbonyl (C=O) groups is 3. The zero-order valence-corrected chi connectivity index (χ0v) is 22.8. The second-order valence-corrected chi connectivity index (χ2v) is 11.5. The van der Waals surface area contributed by atoms with E-state index in [1.54, 1.807) is 13.8 Å². The summed E-state index contributed by atoms with van der Waals surface area (Å²) in [5.41, 5.74) is 0.376. The first-order valence-electron chi connectivity index (χ1n) is 13.7. The third kappa shape index (κ3) is 6.62. The summed E-state index contributed by atoms with van der Waals surface area (Å²) in [4.78, 5) is 41.2. The van der Waals surface area contributed by atoms with Gasteiger partial charge in [-0.3, -0.25) is 14.4 Å². The Morgan fingerprint density at radius 3 is 2.62 bits per heavy atom. The molecule has 3 aliphatic rings. The Balaban J connectivity index is 1.45. The maximum absolute atomic E-state index is 13.8. The van der Waals surface area contributed by atoms with Crippen LogP contribution < -0.4 is 25.6 Å². The van der Waals surface area contributed by atoms with E-state index in [0.717, 1.165) is 24.9 Å². The number of anilines is 2. The van der Waals surface area contributed by atoms with Gasteiger partial charge in [-0.25, -0.2) is 0 Å². The molecule has 1 unspecified atom stereocenters. The van der Waals surface area contributed by atoms with E-state index < -0.39 is 5.60 Å². The molecule has 1 aliphatic carbocycles. The summed E-state index contributed by atoms with van der Waals surface area (Å²) in [5, 5.41) is 9.40. The first-order chi connectivity index (χ1) is 17.6. The number of nitrogens with one attached hydrogen (secondary N) is 3. The molecule has 204 valence electrons. The van der Waals surface area contributed by atoms with Gasteiger partial charge in [-0.15, -0.1) is 0 Å². The molecule has 1 saturated carbocycles. The highest BCUT2D eigenvalue weighted by Gasteiger charge is 2.41. The van der Waals surface area contributed by atoms with E-state index in [1.807, 2.05) is 30.0 Å². The van der Waals surface area contributed by atoms with Gasteiger partial charge in [0.2, 0.25) is 11.8 Å². The lowest BCUT2D eigenvalue weighted by Crippen LogP contribution is -2.51. The van der Waals surface area contributed by atoms with Crippen LogP contribution in [0.4, 0.5) is 11.4 Å². The van der Waals surface area contributed by atoms with E-state index in [0.29, 0.717) is 50.1 Å². The lowest BCUT2D eigenvalue weighted by atomic mass is 9.88. The van der Waals surface area contributed by atoms with Crippen molar-refractivity contribution in [1.82, 2.24) is 10.6 Å². The summed E-state index contributed by atoms with van der Waals surface area (Å²) in [7, 11) is 0. The van der Waals surface area contributed by atoms with Crippen LogP contribution in [0.25, 0.3) is 0 Å². The predicted molar refractivity (Wildman–Crippen MR) is 143 cm³/mol. The van der Waals surface area contributed by atoms with Crippen LogP contribution in [0.1, 0.15) is 60.3 Å². The molecule has 37 heavy (non-hydrogen) atoms. The largest absolute Gasteiger partial charge is 0.476 e. The summed E-state index contributed by atoms with van der Waals surface area (Å²) in [6.45, 7) is 11.9. The van der Waals surface area contributed by atoms with Crippen molar-refractivity contribution in [2.75, 3.05) is 36.5 Å². The zero-order valence-electron chi connectivity index (χ0n) is 22.8. The molecular weight excluding hydrogens is 472 g/mol. The summed E-state index contributed by atoms with van der Waals surface area (Å²) in [5.74, 6) is 0.227. The fourth-order valence-electron chi connectivity index (χ4n) is 5.14. The Hall–Kier alpha value is -2.65. The lowest BCUT2D eigenvalue weighted by molar-refractivity contribution is -0.130. The lowest BCUT2D eigenvalue weighted by Gasteiger charge is -2.35. The van der Waals surface area contributed by atoms with Crippen molar-refractivity contribution in [3.63, 3.8) is 0 Å². The SMILES string of the molecule is CCOCC(CC(C)C)NC(=O)[C@@H]1CNC[C@H](C(=O)N(c2ccc3c(c2)NC(=O)C(C)(C)O3)C2CC2)C1. The molecule has 1 aromatic carbocycles. The van der Waals surface area contributed by atoms with Crippen molar-refractivity contribution in [2.24, 2.45) is 17.8 Å². The van der Waals surface area contributed by atoms with Crippen molar-refractivity contribution >= 4 is 29.1 Å². The summed E-state index contributed by atoms with van der Waals surface area (Å²) in [6.07, 6.45) is 3.23. The molecule has 9 nitrogen and oxygen atoms in total. The van der Waals surface area contributed by atoms with E-state index in [4.69, 9.17) is 9.47 Å². The first kappa shape index (κ1) is 27.4. The molecule has 1 saturated heterocycles. The molecule has 3 atom stereocenters.